The first-order valence-electron chi connectivity index (χ1n) is 14.0. The summed E-state index contributed by atoms with van der Waals surface area (Å²) in [7, 11) is -6.50. The van der Waals surface area contributed by atoms with E-state index in [2.05, 4.69) is 21.3 Å². The molecule has 4 aliphatic heterocycles. The zero-order chi connectivity index (χ0) is 30.0. The minimum atomic E-state index is -6.50. The fourth-order valence-corrected chi connectivity index (χ4v) is 9.98. The first kappa shape index (κ1) is 28.5. The first-order valence-corrected chi connectivity index (χ1v) is 16.2. The Hall–Kier alpha value is -4.62. The number of benzene rings is 2. The Morgan fingerprint density at radius 2 is 1.42 bits per heavy atom. The van der Waals surface area contributed by atoms with E-state index in [1.165, 1.54) is 31.4 Å². The maximum absolute atomic E-state index is 13.0. The van der Waals surface area contributed by atoms with E-state index in [-0.39, 0.29) is 23.7 Å². The number of rotatable bonds is 7. The molecular formula is C30H31N3O9S. The molecule has 13 heteroatoms. The third-order valence-corrected chi connectivity index (χ3v) is 11.9. The van der Waals surface area contributed by atoms with Crippen LogP contribution in [0.1, 0.15) is 31.2 Å². The predicted molar refractivity (Wildman–Crippen MR) is 157 cm³/mol. The van der Waals surface area contributed by atoms with Crippen molar-refractivity contribution in [1.82, 2.24) is 4.90 Å². The number of ether oxygens (including phenoxy) is 1. The Balaban J connectivity index is 1.29. The van der Waals surface area contributed by atoms with Crippen LogP contribution in [0.5, 0.6) is 5.75 Å². The van der Waals surface area contributed by atoms with Crippen molar-refractivity contribution in [3.8, 4) is 5.75 Å². The van der Waals surface area contributed by atoms with E-state index in [4.69, 9.17) is 21.5 Å². The molecule has 0 bridgehead atoms. The molecule has 0 amide bonds. The highest BCUT2D eigenvalue weighted by molar-refractivity contribution is 8.62. The third-order valence-electron chi connectivity index (χ3n) is 7.37. The number of nitrogens with one attached hydrogen (secondary N) is 1. The van der Waals surface area contributed by atoms with Crippen LogP contribution in [0, 0.1) is 0 Å². The standard InChI is InChI=1S/C30H31N3O9S/c34-26-12-13-27(35)40-43(39-26,41-28(36)14-15-29(37)42-43)25-11-3-2-10-24(25)32-30(43)31-16-7-19-38-23-9-6-8-22(20-23)21-33-17-4-1-5-18-33/h2-3,6,8-15,20H,1,4-5,7,16-19,21H2,(H,31,32). The number of amidine groups is 1. The SMILES string of the molecule is O=C1C=CC(=O)OS23(O1)(OC(=O)C=CC(=O)O2)C(=NCCCOc1cccc(CN2CCCCC2)c1)Nc1ccccc13. The van der Waals surface area contributed by atoms with Crippen LogP contribution in [0.15, 0.2) is 82.7 Å². The molecule has 4 heterocycles. The summed E-state index contributed by atoms with van der Waals surface area (Å²) in [6, 6.07) is 14.0. The summed E-state index contributed by atoms with van der Waals surface area (Å²) < 4.78 is 29.2. The lowest BCUT2D eigenvalue weighted by atomic mass is 10.1. The highest BCUT2D eigenvalue weighted by Crippen LogP contribution is 3.00. The molecule has 0 saturated carbocycles. The first-order chi connectivity index (χ1) is 20.8. The maximum Gasteiger partial charge on any atom is 0.348 e. The fourth-order valence-electron chi connectivity index (χ4n) is 5.55. The number of hydrogen-bond acceptors (Lipinski definition) is 11. The molecule has 6 rings (SSSR count). The molecule has 1 fully saturated rings. The van der Waals surface area contributed by atoms with E-state index < -0.39 is 38.5 Å². The van der Waals surface area contributed by atoms with Crippen molar-refractivity contribution in [2.24, 2.45) is 4.99 Å². The molecule has 12 nitrogen and oxygen atoms in total. The largest absolute Gasteiger partial charge is 0.494 e. The van der Waals surface area contributed by atoms with Gasteiger partial charge < -0.3 is 26.8 Å². The van der Waals surface area contributed by atoms with Gasteiger partial charge in [-0.15, -0.1) is 0 Å². The fraction of sp³-hybridized carbons (Fsp3) is 0.300. The molecule has 0 unspecified atom stereocenters. The second-order valence-corrected chi connectivity index (χ2v) is 14.3. The van der Waals surface area contributed by atoms with Gasteiger partial charge in [0.1, 0.15) is 10.6 Å². The van der Waals surface area contributed by atoms with Crippen LogP contribution in [0.2, 0.25) is 0 Å². The summed E-state index contributed by atoms with van der Waals surface area (Å²) in [5, 5.41) is 2.50. The van der Waals surface area contributed by atoms with Crippen molar-refractivity contribution in [3.63, 3.8) is 0 Å². The number of fused-ring (bicyclic) bond motifs is 1. The average Bonchev–Trinajstić information content (AvgIpc) is 3.04. The van der Waals surface area contributed by atoms with Crippen molar-refractivity contribution in [2.75, 3.05) is 31.6 Å². The minimum Gasteiger partial charge on any atom is -0.494 e. The smallest absolute Gasteiger partial charge is 0.348 e. The Kier molecular flexibility index (Phi) is 7.01. The molecule has 43 heavy (non-hydrogen) atoms. The maximum atomic E-state index is 13.0. The Morgan fingerprint density at radius 1 is 0.791 bits per heavy atom. The number of carbonyl (C=O) groups excluding carboxylic acids is 4. The summed E-state index contributed by atoms with van der Waals surface area (Å²) in [4.78, 5) is 58.8. The van der Waals surface area contributed by atoms with E-state index in [1.807, 2.05) is 18.2 Å². The van der Waals surface area contributed by atoms with Gasteiger partial charge in [-0.1, -0.05) is 30.7 Å². The number of para-hydroxylation sites is 1. The molecule has 1 spiro atoms. The summed E-state index contributed by atoms with van der Waals surface area (Å²) in [5.41, 5.74) is 1.37. The Labute approximate surface area is 247 Å². The number of carbonyl (C=O) groups is 4. The number of likely N-dealkylation sites (tertiary alicyclic amines) is 1. The number of hydrogen-bond donors (Lipinski definition) is 1. The van der Waals surface area contributed by atoms with E-state index >= 15 is 0 Å². The molecule has 2 aromatic rings. The van der Waals surface area contributed by atoms with Crippen LogP contribution in [-0.4, -0.2) is 60.2 Å². The molecule has 226 valence electrons. The molecule has 1 N–H and O–H groups in total. The average molecular weight is 610 g/mol. The van der Waals surface area contributed by atoms with Gasteiger partial charge in [0.05, 0.1) is 12.3 Å². The van der Waals surface area contributed by atoms with Crippen molar-refractivity contribution in [1.29, 1.82) is 0 Å². The van der Waals surface area contributed by atoms with Gasteiger partial charge in [-0.05, 0) is 55.8 Å². The van der Waals surface area contributed by atoms with Crippen molar-refractivity contribution in [3.05, 3.63) is 78.4 Å². The van der Waals surface area contributed by atoms with Gasteiger partial charge in [0.25, 0.3) is 5.17 Å². The van der Waals surface area contributed by atoms with E-state index in [9.17, 15) is 19.2 Å². The van der Waals surface area contributed by atoms with Gasteiger partial charge >= 0.3 is 23.9 Å². The van der Waals surface area contributed by atoms with Crippen molar-refractivity contribution in [2.45, 2.75) is 37.1 Å². The summed E-state index contributed by atoms with van der Waals surface area (Å²) in [6.45, 7) is 3.33. The minimum absolute atomic E-state index is 0.0227. The van der Waals surface area contributed by atoms with E-state index in [0.717, 1.165) is 49.5 Å². The lowest BCUT2D eigenvalue weighted by Gasteiger charge is -2.67. The second-order valence-electron chi connectivity index (χ2n) is 10.4. The molecule has 0 aliphatic carbocycles. The van der Waals surface area contributed by atoms with Crippen LogP contribution in [0.25, 0.3) is 0 Å². The lowest BCUT2D eigenvalue weighted by molar-refractivity contribution is -0.142. The van der Waals surface area contributed by atoms with Crippen LogP contribution in [0.4, 0.5) is 5.69 Å². The normalized spacial score (nSPS) is 24.1. The molecule has 4 aliphatic rings. The van der Waals surface area contributed by atoms with Gasteiger partial charge in [-0.3, -0.25) is 9.89 Å². The number of nitrogens with zero attached hydrogens (tertiary/aromatic N) is 2. The van der Waals surface area contributed by atoms with Gasteiger partial charge in [0, 0.05) is 43.8 Å². The van der Waals surface area contributed by atoms with Gasteiger partial charge in [-0.2, -0.15) is 0 Å². The summed E-state index contributed by atoms with van der Waals surface area (Å²) in [5.74, 6) is -3.87. The van der Waals surface area contributed by atoms with Gasteiger partial charge in [0.2, 0.25) is 9.42 Å². The molecule has 0 aromatic heterocycles. The monoisotopic (exact) mass is 609 g/mol. The molecule has 2 aromatic carbocycles. The third kappa shape index (κ3) is 4.83. The van der Waals surface area contributed by atoms with Gasteiger partial charge in [0.15, 0.2) is 0 Å². The van der Waals surface area contributed by atoms with E-state index in [1.54, 1.807) is 12.1 Å². The number of piperidine rings is 1. The van der Waals surface area contributed by atoms with Crippen LogP contribution in [-0.2, 0) is 42.5 Å². The van der Waals surface area contributed by atoms with E-state index in [0.29, 0.717) is 12.2 Å². The second kappa shape index (κ2) is 10.6. The highest BCUT2D eigenvalue weighted by atomic mass is 32.4. The topological polar surface area (TPSA) is 142 Å². The molecular weight excluding hydrogens is 578 g/mol. The molecule has 1 saturated heterocycles. The molecule has 0 radical (unpaired) electrons. The number of aliphatic imine (C=N–C) groups is 1. The quantitative estimate of drug-likeness (QED) is 0.453. The van der Waals surface area contributed by atoms with Crippen LogP contribution >= 0.6 is 9.42 Å². The lowest BCUT2D eigenvalue weighted by Crippen LogP contribution is -2.53. The van der Waals surface area contributed by atoms with Crippen LogP contribution in [0.3, 0.4) is 0 Å². The Morgan fingerprint density at radius 3 is 2.07 bits per heavy atom. The predicted octanol–water partition coefficient (Wildman–Crippen LogP) is 4.13. The van der Waals surface area contributed by atoms with Gasteiger partial charge in [-0.25, -0.2) is 19.2 Å². The number of anilines is 1. The summed E-state index contributed by atoms with van der Waals surface area (Å²) >= 11 is 0. The zero-order valence-corrected chi connectivity index (χ0v) is 24.1. The molecule has 0 atom stereocenters. The van der Waals surface area contributed by atoms with Crippen molar-refractivity contribution < 1.29 is 40.6 Å². The summed E-state index contributed by atoms with van der Waals surface area (Å²) in [6.07, 6.45) is 7.23. The highest BCUT2D eigenvalue weighted by Gasteiger charge is 2.83. The van der Waals surface area contributed by atoms with Crippen molar-refractivity contribution >= 4 is 44.2 Å². The Bertz CT molecular complexity index is 1510. The zero-order valence-electron chi connectivity index (χ0n) is 23.3. The van der Waals surface area contributed by atoms with Crippen LogP contribution < -0.4 is 10.1 Å².